The lowest BCUT2D eigenvalue weighted by Gasteiger charge is -2.06. The number of hydrogen-bond acceptors (Lipinski definition) is 6. The normalized spacial score (nSPS) is 11.2. The zero-order valence-corrected chi connectivity index (χ0v) is 9.34. The van der Waals surface area contributed by atoms with E-state index in [9.17, 15) is 4.79 Å². The molecule has 0 atom stereocenters. The van der Waals surface area contributed by atoms with Crippen LogP contribution in [-0.4, -0.2) is 32.7 Å². The third kappa shape index (κ3) is 1.34. The number of carbonyl (C=O) groups excluding carboxylic acids is 1. The van der Waals surface area contributed by atoms with Gasteiger partial charge in [-0.25, -0.2) is 0 Å². The number of hydrogen-bond donors (Lipinski definition) is 3. The molecule has 0 aliphatic heterocycles. The van der Waals surface area contributed by atoms with E-state index in [4.69, 9.17) is 11.5 Å². The van der Waals surface area contributed by atoms with E-state index in [0.717, 1.165) is 0 Å². The van der Waals surface area contributed by atoms with Gasteiger partial charge in [0.2, 0.25) is 0 Å². The van der Waals surface area contributed by atoms with Crippen LogP contribution in [0.2, 0.25) is 0 Å². The van der Waals surface area contributed by atoms with Gasteiger partial charge in [0.15, 0.2) is 5.78 Å². The number of fused-ring (bicyclic) bond motifs is 3. The molecule has 2 aromatic heterocycles. The minimum absolute atomic E-state index is 0.105. The van der Waals surface area contributed by atoms with Gasteiger partial charge >= 0.3 is 0 Å². The van der Waals surface area contributed by atoms with Crippen LogP contribution in [0.25, 0.3) is 21.9 Å². The quantitative estimate of drug-likeness (QED) is 0.552. The fourth-order valence-electron chi connectivity index (χ4n) is 1.95. The van der Waals surface area contributed by atoms with Crippen molar-refractivity contribution >= 4 is 33.4 Å². The number of benzene rings is 1. The van der Waals surface area contributed by atoms with E-state index < -0.39 is 0 Å². The van der Waals surface area contributed by atoms with E-state index in [0.29, 0.717) is 33.2 Å². The Kier molecular flexibility index (Phi) is 2.20. The Hall–Kier alpha value is -2.54. The number of aromatic nitrogens is 4. The smallest absolute Gasteiger partial charge is 0.180 e. The Morgan fingerprint density at radius 3 is 2.83 bits per heavy atom. The second-order valence-corrected chi connectivity index (χ2v) is 3.86. The fourth-order valence-corrected chi connectivity index (χ4v) is 1.95. The predicted molar refractivity (Wildman–Crippen MR) is 67.0 cm³/mol. The van der Waals surface area contributed by atoms with Crippen LogP contribution in [-0.2, 0) is 0 Å². The molecule has 0 amide bonds. The van der Waals surface area contributed by atoms with Crippen molar-refractivity contribution in [2.24, 2.45) is 5.73 Å². The molecule has 0 fully saturated rings. The number of carbonyl (C=O) groups is 1. The summed E-state index contributed by atoms with van der Waals surface area (Å²) in [5, 5.41) is 11.2. The first-order valence-electron chi connectivity index (χ1n) is 5.33. The Morgan fingerprint density at radius 2 is 2.06 bits per heavy atom. The van der Waals surface area contributed by atoms with Gasteiger partial charge in [0.1, 0.15) is 11.0 Å². The molecule has 0 radical (unpaired) electrons. The number of anilines is 1. The van der Waals surface area contributed by atoms with Crippen molar-refractivity contribution in [2.45, 2.75) is 0 Å². The largest absolute Gasteiger partial charge is 0.397 e. The third-order valence-electron chi connectivity index (χ3n) is 2.84. The highest BCUT2D eigenvalue weighted by Gasteiger charge is 2.15. The van der Waals surface area contributed by atoms with Gasteiger partial charge in [0.25, 0.3) is 0 Å². The molecule has 18 heavy (non-hydrogen) atoms. The Balaban J connectivity index is 2.45. The summed E-state index contributed by atoms with van der Waals surface area (Å²) in [7, 11) is 0. The monoisotopic (exact) mass is 242 g/mol. The van der Waals surface area contributed by atoms with Crippen molar-refractivity contribution in [3.05, 3.63) is 23.9 Å². The second-order valence-electron chi connectivity index (χ2n) is 3.86. The van der Waals surface area contributed by atoms with Crippen molar-refractivity contribution in [2.75, 3.05) is 12.3 Å². The van der Waals surface area contributed by atoms with Gasteiger partial charge in [-0.1, -0.05) is 0 Å². The molecule has 90 valence electrons. The lowest BCUT2D eigenvalue weighted by molar-refractivity contribution is 0.100. The molecule has 2 heterocycles. The highest BCUT2D eigenvalue weighted by atomic mass is 16.1. The minimum Gasteiger partial charge on any atom is -0.397 e. The van der Waals surface area contributed by atoms with Crippen molar-refractivity contribution in [3.8, 4) is 0 Å². The summed E-state index contributed by atoms with van der Waals surface area (Å²) in [4.78, 5) is 15.9. The number of nitrogens with zero attached hydrogens (tertiary/aromatic N) is 3. The Morgan fingerprint density at radius 1 is 1.28 bits per heavy atom. The van der Waals surface area contributed by atoms with Gasteiger partial charge in [0, 0.05) is 6.20 Å². The highest BCUT2D eigenvalue weighted by Crippen LogP contribution is 2.28. The van der Waals surface area contributed by atoms with Crippen LogP contribution < -0.4 is 11.5 Å². The summed E-state index contributed by atoms with van der Waals surface area (Å²) in [6.45, 7) is -0.105. The van der Waals surface area contributed by atoms with E-state index in [1.165, 1.54) is 6.20 Å². The lowest BCUT2D eigenvalue weighted by Crippen LogP contribution is -2.15. The first-order valence-corrected chi connectivity index (χ1v) is 5.33. The van der Waals surface area contributed by atoms with Crippen LogP contribution in [0.3, 0.4) is 0 Å². The molecule has 0 aliphatic rings. The van der Waals surface area contributed by atoms with E-state index in [1.807, 2.05) is 0 Å². The molecule has 7 nitrogen and oxygen atoms in total. The average Bonchev–Trinajstić information content (AvgIpc) is 2.86. The number of H-pyrrole nitrogens is 1. The molecule has 5 N–H and O–H groups in total. The molecule has 3 aromatic rings. The zero-order chi connectivity index (χ0) is 12.7. The van der Waals surface area contributed by atoms with Gasteiger partial charge < -0.3 is 11.5 Å². The number of ketones is 1. The van der Waals surface area contributed by atoms with Crippen molar-refractivity contribution in [3.63, 3.8) is 0 Å². The maximum atomic E-state index is 11.7. The van der Waals surface area contributed by atoms with Gasteiger partial charge in [-0.3, -0.25) is 9.78 Å². The average molecular weight is 242 g/mol. The second kappa shape index (κ2) is 3.74. The van der Waals surface area contributed by atoms with Gasteiger partial charge in [-0.15, -0.1) is 0 Å². The van der Waals surface area contributed by atoms with Gasteiger partial charge in [-0.05, 0) is 12.1 Å². The summed E-state index contributed by atoms with van der Waals surface area (Å²) >= 11 is 0. The fraction of sp³-hybridized carbons (Fsp3) is 0.0909. The summed E-state index contributed by atoms with van der Waals surface area (Å²) in [5.41, 5.74) is 14.0. The van der Waals surface area contributed by atoms with Crippen LogP contribution in [0.1, 0.15) is 10.4 Å². The summed E-state index contributed by atoms with van der Waals surface area (Å²) in [6, 6.07) is 3.57. The highest BCUT2D eigenvalue weighted by molar-refractivity contribution is 6.15. The summed E-state index contributed by atoms with van der Waals surface area (Å²) in [5.74, 6) is -0.248. The predicted octanol–water partition coefficient (Wildman–Crippen LogP) is 0.230. The van der Waals surface area contributed by atoms with Crippen molar-refractivity contribution in [1.29, 1.82) is 0 Å². The standard InChI is InChI=1S/C11H10N6O/c12-3-8(18)5-4-14-6-1-2-7-11(16-17-15-7)9(6)10(5)13/h1-2,4H,3,12H2,(H2,13,14)(H,15,16,17). The topological polar surface area (TPSA) is 124 Å². The van der Waals surface area contributed by atoms with Crippen LogP contribution in [0, 0.1) is 0 Å². The number of nitrogens with two attached hydrogens (primary N) is 2. The molecule has 0 bridgehead atoms. The molecule has 0 aliphatic carbocycles. The lowest BCUT2D eigenvalue weighted by atomic mass is 10.1. The molecule has 0 unspecified atom stereocenters. The number of rotatable bonds is 2. The van der Waals surface area contributed by atoms with E-state index >= 15 is 0 Å². The first-order chi connectivity index (χ1) is 8.72. The number of nitrogens with one attached hydrogen (secondary N) is 1. The van der Waals surface area contributed by atoms with E-state index in [2.05, 4.69) is 20.4 Å². The molecule has 0 spiro atoms. The van der Waals surface area contributed by atoms with Gasteiger partial charge in [-0.2, -0.15) is 15.4 Å². The summed E-state index contributed by atoms with van der Waals surface area (Å²) in [6.07, 6.45) is 1.44. The number of pyridine rings is 1. The number of Topliss-reactive ketones (excluding diaryl/α,β-unsaturated/α-hetero) is 1. The van der Waals surface area contributed by atoms with Crippen molar-refractivity contribution < 1.29 is 4.79 Å². The number of aromatic amines is 1. The maximum Gasteiger partial charge on any atom is 0.180 e. The molecule has 0 saturated carbocycles. The van der Waals surface area contributed by atoms with Crippen LogP contribution in [0.4, 0.5) is 5.69 Å². The first kappa shape index (κ1) is 10.6. The molecule has 0 saturated heterocycles. The molecular formula is C11H10N6O. The number of nitrogen functional groups attached to an aromatic ring is 1. The third-order valence-corrected chi connectivity index (χ3v) is 2.84. The minimum atomic E-state index is -0.248. The van der Waals surface area contributed by atoms with Crippen molar-refractivity contribution in [1.82, 2.24) is 20.4 Å². The molecule has 7 heteroatoms. The molecule has 1 aromatic carbocycles. The van der Waals surface area contributed by atoms with Crippen LogP contribution in [0.5, 0.6) is 0 Å². The van der Waals surface area contributed by atoms with E-state index in [1.54, 1.807) is 12.1 Å². The molecule has 3 rings (SSSR count). The summed E-state index contributed by atoms with van der Waals surface area (Å²) < 4.78 is 0. The Bertz CT molecular complexity index is 763. The van der Waals surface area contributed by atoms with Crippen LogP contribution in [0.15, 0.2) is 18.3 Å². The van der Waals surface area contributed by atoms with E-state index in [-0.39, 0.29) is 12.3 Å². The van der Waals surface area contributed by atoms with Gasteiger partial charge in [0.05, 0.1) is 28.7 Å². The SMILES string of the molecule is NCC(=O)c1cnc2ccc3n[nH]nc3c2c1N. The molecular weight excluding hydrogens is 232 g/mol. The Labute approximate surface area is 101 Å². The van der Waals surface area contributed by atoms with Crippen LogP contribution >= 0.6 is 0 Å². The maximum absolute atomic E-state index is 11.7. The zero-order valence-electron chi connectivity index (χ0n) is 9.34.